The van der Waals surface area contributed by atoms with Gasteiger partial charge in [-0.2, -0.15) is 0 Å². The summed E-state index contributed by atoms with van der Waals surface area (Å²) in [5.41, 5.74) is 2.10. The molecule has 0 saturated carbocycles. The van der Waals surface area contributed by atoms with Crippen molar-refractivity contribution in [1.29, 1.82) is 0 Å². The fraction of sp³-hybridized carbons (Fsp3) is 0.900. The average Bonchev–Trinajstić information content (AvgIpc) is 2.84. The van der Waals surface area contributed by atoms with Crippen LogP contribution >= 0.6 is 0 Å². The van der Waals surface area contributed by atoms with E-state index in [1.807, 2.05) is 0 Å². The monoisotopic (exact) mass is 278 g/mol. The van der Waals surface area contributed by atoms with E-state index < -0.39 is 12.4 Å². The molecular weight excluding hydrogens is 258 g/mol. The smallest absolute Gasteiger partial charge is 0.510 e. The third kappa shape index (κ3) is 5.27. The molecule has 1 saturated heterocycles. The molecule has 0 aromatic carbocycles. The lowest BCUT2D eigenvalue weighted by molar-refractivity contribution is -0.236. The number of carbonyl (C=O) groups excluding carboxylic acids is 1. The van der Waals surface area contributed by atoms with Crippen molar-refractivity contribution in [1.82, 2.24) is 15.9 Å². The zero-order chi connectivity index (χ0) is 14.3. The molecule has 1 unspecified atom stereocenters. The van der Waals surface area contributed by atoms with Gasteiger partial charge in [-0.3, -0.25) is 0 Å². The summed E-state index contributed by atoms with van der Waals surface area (Å²) in [7, 11) is 0. The highest BCUT2D eigenvalue weighted by Gasteiger charge is 2.25. The lowest BCUT2D eigenvalue weighted by Gasteiger charge is -2.39. The van der Waals surface area contributed by atoms with Crippen LogP contribution < -0.4 is 5.59 Å². The molecular formula is C10H20N3O6-. The molecule has 0 spiro atoms. The Bertz CT molecular complexity index is 280. The van der Waals surface area contributed by atoms with E-state index in [1.54, 1.807) is 6.92 Å². The van der Waals surface area contributed by atoms with E-state index in [9.17, 15) is 10.0 Å². The van der Waals surface area contributed by atoms with Gasteiger partial charge in [0.15, 0.2) is 0 Å². The highest BCUT2D eigenvalue weighted by molar-refractivity contribution is 5.59. The first kappa shape index (κ1) is 16.1. The van der Waals surface area contributed by atoms with Crippen LogP contribution in [0, 0.1) is 5.21 Å². The van der Waals surface area contributed by atoms with Gasteiger partial charge in [0.05, 0.1) is 13.2 Å². The molecule has 0 amide bonds. The summed E-state index contributed by atoms with van der Waals surface area (Å²) in [6, 6.07) is -0.227. The summed E-state index contributed by atoms with van der Waals surface area (Å²) in [4.78, 5) is 15.8. The number of hydrazine groups is 2. The summed E-state index contributed by atoms with van der Waals surface area (Å²) >= 11 is 0. The fourth-order valence-corrected chi connectivity index (χ4v) is 1.73. The normalized spacial score (nSPS) is 21.6. The van der Waals surface area contributed by atoms with E-state index >= 15 is 0 Å². The van der Waals surface area contributed by atoms with Crippen molar-refractivity contribution in [3.63, 3.8) is 0 Å². The highest BCUT2D eigenvalue weighted by atomic mass is 16.9. The van der Waals surface area contributed by atoms with Crippen molar-refractivity contribution in [2.24, 2.45) is 0 Å². The third-order valence-electron chi connectivity index (χ3n) is 2.61. The molecule has 19 heavy (non-hydrogen) atoms. The number of aliphatic hydroxyl groups excluding tert-OH is 1. The fourth-order valence-electron chi connectivity index (χ4n) is 1.73. The van der Waals surface area contributed by atoms with Gasteiger partial charge in [-0.25, -0.2) is 19.9 Å². The summed E-state index contributed by atoms with van der Waals surface area (Å²) in [6.07, 6.45) is -0.291. The second-order valence-corrected chi connectivity index (χ2v) is 3.99. The van der Waals surface area contributed by atoms with E-state index in [-0.39, 0.29) is 19.3 Å². The maximum Gasteiger partial charge on any atom is 0.510 e. The highest BCUT2D eigenvalue weighted by Crippen LogP contribution is 2.17. The maximum absolute atomic E-state index is 11.7. The number of aliphatic hydroxyl groups is 1. The van der Waals surface area contributed by atoms with Gasteiger partial charge in [0.1, 0.15) is 0 Å². The van der Waals surface area contributed by atoms with Crippen LogP contribution in [0.3, 0.4) is 0 Å². The molecule has 9 heteroatoms. The van der Waals surface area contributed by atoms with E-state index in [0.717, 1.165) is 12.8 Å². The van der Waals surface area contributed by atoms with Crippen LogP contribution in [0.15, 0.2) is 0 Å². The molecule has 1 heterocycles. The lowest BCUT2D eigenvalue weighted by atomic mass is 10.2. The minimum atomic E-state index is -0.981. The first-order valence-corrected chi connectivity index (χ1v) is 6.17. The van der Waals surface area contributed by atoms with Crippen molar-refractivity contribution in [3.8, 4) is 0 Å². The van der Waals surface area contributed by atoms with Gasteiger partial charge in [-0.05, 0) is 19.8 Å². The second-order valence-electron chi connectivity index (χ2n) is 3.99. The van der Waals surface area contributed by atoms with Gasteiger partial charge in [0.25, 0.3) is 0 Å². The van der Waals surface area contributed by atoms with E-state index in [4.69, 9.17) is 9.94 Å². The van der Waals surface area contributed by atoms with E-state index in [0.29, 0.717) is 11.8 Å². The number of rotatable bonds is 7. The molecule has 0 aromatic heterocycles. The minimum Gasteiger partial charge on any atom is -0.756 e. The topological polar surface area (TPSA) is 107 Å². The molecule has 0 radical (unpaired) electrons. The number of hydrogen-bond donors (Lipinski definition) is 2. The Hall–Kier alpha value is -0.970. The van der Waals surface area contributed by atoms with Crippen LogP contribution in [0.1, 0.15) is 26.7 Å². The zero-order valence-electron chi connectivity index (χ0n) is 11.1. The summed E-state index contributed by atoms with van der Waals surface area (Å²) < 4.78 is 9.23. The quantitative estimate of drug-likeness (QED) is 0.381. The number of nitrogens with one attached hydrogen (secondary N) is 1. The van der Waals surface area contributed by atoms with Crippen molar-refractivity contribution >= 4 is 6.16 Å². The van der Waals surface area contributed by atoms with Crippen LogP contribution in [0.2, 0.25) is 0 Å². The Morgan fingerprint density at radius 2 is 2.42 bits per heavy atom. The van der Waals surface area contributed by atoms with Gasteiger partial charge >= 0.3 is 6.16 Å². The molecule has 1 aliphatic heterocycles. The number of nitrogens with zero attached hydrogens (tertiary/aromatic N) is 2. The van der Waals surface area contributed by atoms with Gasteiger partial charge in [0.2, 0.25) is 6.29 Å². The summed E-state index contributed by atoms with van der Waals surface area (Å²) in [5, 5.41) is 22.5. The Balaban J connectivity index is 2.25. The molecule has 0 aliphatic carbocycles. The Labute approximate surface area is 111 Å². The van der Waals surface area contributed by atoms with E-state index in [2.05, 4.69) is 15.1 Å². The van der Waals surface area contributed by atoms with Crippen molar-refractivity contribution < 1.29 is 24.2 Å². The Morgan fingerprint density at radius 1 is 1.68 bits per heavy atom. The first-order chi connectivity index (χ1) is 9.08. The zero-order valence-corrected chi connectivity index (χ0v) is 11.1. The van der Waals surface area contributed by atoms with Crippen LogP contribution in [-0.4, -0.2) is 53.6 Å². The summed E-state index contributed by atoms with van der Waals surface area (Å²) in [6.45, 7) is 3.70. The largest absolute Gasteiger partial charge is 0.756 e. The van der Waals surface area contributed by atoms with Crippen LogP contribution in [0.4, 0.5) is 4.79 Å². The number of hydrogen-bond acceptors (Lipinski definition) is 9. The van der Waals surface area contributed by atoms with Gasteiger partial charge in [0, 0.05) is 19.5 Å². The molecule has 1 aliphatic rings. The molecule has 112 valence electrons. The Morgan fingerprint density at radius 3 is 3.05 bits per heavy atom. The molecule has 1 rings (SSSR count). The van der Waals surface area contributed by atoms with Gasteiger partial charge < -0.3 is 19.8 Å². The molecule has 9 nitrogen and oxygen atoms in total. The van der Waals surface area contributed by atoms with Crippen molar-refractivity contribution in [2.45, 2.75) is 39.0 Å². The molecule has 0 aromatic rings. The maximum atomic E-state index is 11.7. The van der Waals surface area contributed by atoms with Crippen molar-refractivity contribution in [2.75, 3.05) is 19.8 Å². The van der Waals surface area contributed by atoms with Crippen LogP contribution in [0.25, 0.3) is 0 Å². The first-order valence-electron chi connectivity index (χ1n) is 6.17. The van der Waals surface area contributed by atoms with E-state index in [1.165, 1.54) is 11.9 Å². The average molecular weight is 278 g/mol. The third-order valence-corrected chi connectivity index (χ3v) is 2.61. The molecule has 1 fully saturated rings. The predicted octanol–water partition coefficient (Wildman–Crippen LogP) is 0.113. The minimum absolute atomic E-state index is 0.102. The second kappa shape index (κ2) is 8.25. The molecule has 0 bridgehead atoms. The SMILES string of the molecule is CCOC(=O)OC(C)ONN([O-])N1CCC[C@H]1CO. The van der Waals surface area contributed by atoms with Crippen molar-refractivity contribution in [3.05, 3.63) is 5.21 Å². The van der Waals surface area contributed by atoms with Crippen LogP contribution in [-0.2, 0) is 14.3 Å². The standard InChI is InChI=1S/C10H20N3O6/c1-3-17-10(15)18-8(2)19-11-13(16)12-6-4-5-9(12)7-14/h8-9,11,14H,3-7H2,1-2H3/q-1/t8?,9-/m0/s1. The van der Waals surface area contributed by atoms with Gasteiger partial charge in [-0.15, -0.1) is 5.59 Å². The lowest BCUT2D eigenvalue weighted by Crippen LogP contribution is -2.51. The molecule has 2 N–H and O–H groups in total. The molecule has 2 atom stereocenters. The van der Waals surface area contributed by atoms with Crippen LogP contribution in [0.5, 0.6) is 0 Å². The predicted molar refractivity (Wildman–Crippen MR) is 63.8 cm³/mol. The van der Waals surface area contributed by atoms with Gasteiger partial charge in [-0.1, -0.05) is 0 Å². The number of carbonyl (C=O) groups is 1. The summed E-state index contributed by atoms with van der Waals surface area (Å²) in [5.74, 6) is 0. The number of ether oxygens (including phenoxy) is 2. The Kier molecular flexibility index (Phi) is 6.99.